The van der Waals surface area contributed by atoms with E-state index in [9.17, 15) is 5.26 Å². The molecule has 1 N–H and O–H groups in total. The van der Waals surface area contributed by atoms with Crippen LogP contribution < -0.4 is 19.5 Å². The Morgan fingerprint density at radius 3 is 2.31 bits per heavy atom. The number of nitrogens with zero attached hydrogens (tertiary/aromatic N) is 2. The molecule has 0 bridgehead atoms. The van der Waals surface area contributed by atoms with Gasteiger partial charge in [-0.1, -0.05) is 0 Å². The third kappa shape index (κ3) is 3.58. The summed E-state index contributed by atoms with van der Waals surface area (Å²) in [5.41, 5.74) is 2.55. The lowest BCUT2D eigenvalue weighted by atomic mass is 10.1. The SMILES string of the molecule is COc1ccc(Nc2c(C#N)cnc3ccc(OC)cc23)c(OC)c1.Cl. The van der Waals surface area contributed by atoms with Crippen molar-refractivity contribution in [2.75, 3.05) is 26.6 Å². The first-order chi connectivity index (χ1) is 12.2. The van der Waals surface area contributed by atoms with Crippen LogP contribution in [0.5, 0.6) is 17.2 Å². The van der Waals surface area contributed by atoms with Gasteiger partial charge in [0.25, 0.3) is 0 Å². The fourth-order valence-electron chi connectivity index (χ4n) is 2.55. The third-order valence-corrected chi connectivity index (χ3v) is 3.86. The molecule has 0 atom stereocenters. The van der Waals surface area contributed by atoms with E-state index in [4.69, 9.17) is 14.2 Å². The molecule has 134 valence electrons. The fraction of sp³-hybridized carbons (Fsp3) is 0.158. The zero-order chi connectivity index (χ0) is 17.8. The molecule has 6 nitrogen and oxygen atoms in total. The number of ether oxygens (including phenoxy) is 3. The molecule has 0 unspecified atom stereocenters. The lowest BCUT2D eigenvalue weighted by Gasteiger charge is -2.15. The van der Waals surface area contributed by atoms with Crippen LogP contribution in [0.25, 0.3) is 10.9 Å². The maximum Gasteiger partial charge on any atom is 0.145 e. The van der Waals surface area contributed by atoms with Crippen LogP contribution in [-0.2, 0) is 0 Å². The predicted molar refractivity (Wildman–Crippen MR) is 103 cm³/mol. The number of methoxy groups -OCH3 is 3. The number of rotatable bonds is 5. The Balaban J connectivity index is 0.00000243. The predicted octanol–water partition coefficient (Wildman–Crippen LogP) is 4.30. The Hall–Kier alpha value is -3.17. The van der Waals surface area contributed by atoms with E-state index in [0.717, 1.165) is 16.6 Å². The molecule has 0 saturated heterocycles. The zero-order valence-electron chi connectivity index (χ0n) is 14.6. The Morgan fingerprint density at radius 2 is 1.65 bits per heavy atom. The normalized spacial score (nSPS) is 9.77. The number of fused-ring (bicyclic) bond motifs is 1. The molecule has 26 heavy (non-hydrogen) atoms. The molecule has 0 spiro atoms. The van der Waals surface area contributed by atoms with Gasteiger partial charge in [0.1, 0.15) is 23.3 Å². The summed E-state index contributed by atoms with van der Waals surface area (Å²) in [6, 6.07) is 13.1. The van der Waals surface area contributed by atoms with Crippen LogP contribution in [0.4, 0.5) is 11.4 Å². The zero-order valence-corrected chi connectivity index (χ0v) is 15.4. The first-order valence-corrected chi connectivity index (χ1v) is 7.56. The second-order valence-corrected chi connectivity index (χ2v) is 5.23. The molecule has 0 radical (unpaired) electrons. The molecule has 0 fully saturated rings. The Kier molecular flexibility index (Phi) is 6.10. The summed E-state index contributed by atoms with van der Waals surface area (Å²) in [7, 11) is 4.78. The highest BCUT2D eigenvalue weighted by molar-refractivity contribution is 5.97. The number of benzene rings is 2. The summed E-state index contributed by atoms with van der Waals surface area (Å²) in [5.74, 6) is 1.98. The summed E-state index contributed by atoms with van der Waals surface area (Å²) in [6.45, 7) is 0. The number of nitrogens with one attached hydrogen (secondary N) is 1. The molecule has 3 rings (SSSR count). The highest BCUT2D eigenvalue weighted by Crippen LogP contribution is 2.36. The highest BCUT2D eigenvalue weighted by atomic mass is 35.5. The Bertz CT molecular complexity index is 970. The maximum absolute atomic E-state index is 9.48. The van der Waals surface area contributed by atoms with Gasteiger partial charge in [-0.15, -0.1) is 12.4 Å². The number of aromatic nitrogens is 1. The van der Waals surface area contributed by atoms with E-state index in [1.807, 2.05) is 30.3 Å². The molecule has 3 aromatic rings. The van der Waals surface area contributed by atoms with Gasteiger partial charge in [-0.05, 0) is 30.3 Å². The first-order valence-electron chi connectivity index (χ1n) is 7.56. The number of hydrogen-bond donors (Lipinski definition) is 1. The molecule has 1 aromatic heterocycles. The molecule has 7 heteroatoms. The monoisotopic (exact) mass is 371 g/mol. The lowest BCUT2D eigenvalue weighted by Crippen LogP contribution is -1.99. The Labute approximate surface area is 157 Å². The molecule has 0 saturated carbocycles. The van der Waals surface area contributed by atoms with Crippen LogP contribution >= 0.6 is 12.4 Å². The van der Waals surface area contributed by atoms with Gasteiger partial charge in [0.2, 0.25) is 0 Å². The van der Waals surface area contributed by atoms with Crippen LogP contribution in [0, 0.1) is 11.3 Å². The molecule has 0 aliphatic heterocycles. The number of anilines is 2. The van der Waals surface area contributed by atoms with Crippen molar-refractivity contribution in [1.82, 2.24) is 4.98 Å². The number of hydrogen-bond acceptors (Lipinski definition) is 6. The minimum Gasteiger partial charge on any atom is -0.497 e. The molecule has 1 heterocycles. The van der Waals surface area contributed by atoms with E-state index in [-0.39, 0.29) is 12.4 Å². The standard InChI is InChI=1S/C19H17N3O3.ClH/c1-23-13-4-6-16-15(8-13)19(12(10-20)11-21-16)22-17-7-5-14(24-2)9-18(17)25-3;/h4-9,11H,1-3H3,(H,21,22);1H. The van der Waals surface area contributed by atoms with Gasteiger partial charge in [-0.3, -0.25) is 4.98 Å². The van der Waals surface area contributed by atoms with Gasteiger partial charge in [-0.2, -0.15) is 5.26 Å². The Morgan fingerprint density at radius 1 is 0.962 bits per heavy atom. The minimum absolute atomic E-state index is 0. The topological polar surface area (TPSA) is 76.4 Å². The molecule has 0 aliphatic carbocycles. The van der Waals surface area contributed by atoms with Gasteiger partial charge >= 0.3 is 0 Å². The van der Waals surface area contributed by atoms with E-state index in [0.29, 0.717) is 28.5 Å². The average Bonchev–Trinajstić information content (AvgIpc) is 2.67. The summed E-state index contributed by atoms with van der Waals surface area (Å²) < 4.78 is 15.9. The van der Waals surface area contributed by atoms with Crippen molar-refractivity contribution in [2.45, 2.75) is 0 Å². The number of pyridine rings is 1. The van der Waals surface area contributed by atoms with Crippen LogP contribution in [0.3, 0.4) is 0 Å². The van der Waals surface area contributed by atoms with Crippen LogP contribution in [-0.4, -0.2) is 26.3 Å². The molecular weight excluding hydrogens is 354 g/mol. The lowest BCUT2D eigenvalue weighted by molar-refractivity contribution is 0.395. The van der Waals surface area contributed by atoms with Crippen molar-refractivity contribution in [3.05, 3.63) is 48.2 Å². The molecule has 0 amide bonds. The van der Waals surface area contributed by atoms with Gasteiger partial charge in [0.15, 0.2) is 0 Å². The highest BCUT2D eigenvalue weighted by Gasteiger charge is 2.13. The van der Waals surface area contributed by atoms with E-state index in [2.05, 4.69) is 16.4 Å². The van der Waals surface area contributed by atoms with Gasteiger partial charge in [0, 0.05) is 17.6 Å². The van der Waals surface area contributed by atoms with Gasteiger partial charge < -0.3 is 19.5 Å². The molecule has 2 aromatic carbocycles. The van der Waals surface area contributed by atoms with Gasteiger partial charge in [-0.25, -0.2) is 0 Å². The third-order valence-electron chi connectivity index (χ3n) is 3.86. The largest absolute Gasteiger partial charge is 0.497 e. The number of nitriles is 1. The average molecular weight is 372 g/mol. The van der Waals surface area contributed by atoms with Crippen molar-refractivity contribution >= 4 is 34.7 Å². The van der Waals surface area contributed by atoms with Crippen LogP contribution in [0.1, 0.15) is 5.56 Å². The van der Waals surface area contributed by atoms with Crippen LogP contribution in [0.2, 0.25) is 0 Å². The van der Waals surface area contributed by atoms with Crippen molar-refractivity contribution in [2.24, 2.45) is 0 Å². The molecule has 0 aliphatic rings. The van der Waals surface area contributed by atoms with Crippen molar-refractivity contribution in [1.29, 1.82) is 5.26 Å². The fourth-order valence-corrected chi connectivity index (χ4v) is 2.55. The quantitative estimate of drug-likeness (QED) is 0.720. The maximum atomic E-state index is 9.48. The van der Waals surface area contributed by atoms with Crippen LogP contribution in [0.15, 0.2) is 42.6 Å². The minimum atomic E-state index is 0. The van der Waals surface area contributed by atoms with Crippen molar-refractivity contribution in [3.8, 4) is 23.3 Å². The van der Waals surface area contributed by atoms with Crippen molar-refractivity contribution < 1.29 is 14.2 Å². The first kappa shape index (κ1) is 19.2. The second kappa shape index (κ2) is 8.28. The van der Waals surface area contributed by atoms with E-state index >= 15 is 0 Å². The number of halogens is 1. The summed E-state index contributed by atoms with van der Waals surface area (Å²) in [5, 5.41) is 13.6. The van der Waals surface area contributed by atoms with Gasteiger partial charge in [0.05, 0.1) is 43.8 Å². The summed E-state index contributed by atoms with van der Waals surface area (Å²) >= 11 is 0. The van der Waals surface area contributed by atoms with E-state index < -0.39 is 0 Å². The van der Waals surface area contributed by atoms with Crippen molar-refractivity contribution in [3.63, 3.8) is 0 Å². The van der Waals surface area contributed by atoms with E-state index in [1.165, 1.54) is 0 Å². The van der Waals surface area contributed by atoms with E-state index in [1.54, 1.807) is 33.6 Å². The summed E-state index contributed by atoms with van der Waals surface area (Å²) in [6.07, 6.45) is 1.55. The summed E-state index contributed by atoms with van der Waals surface area (Å²) in [4.78, 5) is 4.33. The second-order valence-electron chi connectivity index (χ2n) is 5.23. The molecular formula is C19H18ClN3O3. The smallest absolute Gasteiger partial charge is 0.145 e.